The van der Waals surface area contributed by atoms with Gasteiger partial charge in [-0.15, -0.1) is 0 Å². The lowest BCUT2D eigenvalue weighted by Crippen LogP contribution is -2.56. The molecule has 0 aliphatic carbocycles. The van der Waals surface area contributed by atoms with E-state index in [9.17, 15) is 4.79 Å². The number of nitrogens with zero attached hydrogens (tertiary/aromatic N) is 5. The van der Waals surface area contributed by atoms with Crippen LogP contribution in [0.2, 0.25) is 0 Å². The van der Waals surface area contributed by atoms with E-state index >= 15 is 0 Å². The number of nitrogens with one attached hydrogen (secondary N) is 1. The summed E-state index contributed by atoms with van der Waals surface area (Å²) in [6.07, 6.45) is 6.80. The van der Waals surface area contributed by atoms with Crippen molar-refractivity contribution in [3.05, 3.63) is 42.1 Å². The summed E-state index contributed by atoms with van der Waals surface area (Å²) in [4.78, 5) is 28.4. The van der Waals surface area contributed by atoms with E-state index in [0.29, 0.717) is 24.1 Å². The Hall–Kier alpha value is -2.88. The fourth-order valence-electron chi connectivity index (χ4n) is 4.17. The third-order valence-corrected chi connectivity index (χ3v) is 5.49. The van der Waals surface area contributed by atoms with Gasteiger partial charge < -0.3 is 14.8 Å². The number of imidazole rings is 1. The third-order valence-electron chi connectivity index (χ3n) is 5.49. The van der Waals surface area contributed by atoms with Crippen molar-refractivity contribution in [3.63, 3.8) is 0 Å². The molecule has 2 fully saturated rings. The normalized spacial score (nSPS) is 22.8. The number of aromatic nitrogens is 3. The molecule has 26 heavy (non-hydrogen) atoms. The lowest BCUT2D eigenvalue weighted by Gasteiger charge is -2.47. The van der Waals surface area contributed by atoms with Crippen LogP contribution >= 0.6 is 0 Å². The van der Waals surface area contributed by atoms with Crippen LogP contribution in [-0.4, -0.2) is 51.4 Å². The van der Waals surface area contributed by atoms with E-state index < -0.39 is 0 Å². The number of H-pyrrole nitrogens is 1. The summed E-state index contributed by atoms with van der Waals surface area (Å²) in [6.45, 7) is 2.49. The summed E-state index contributed by atoms with van der Waals surface area (Å²) in [5.41, 5.74) is 1.51. The number of amides is 1. The van der Waals surface area contributed by atoms with Gasteiger partial charge in [0, 0.05) is 50.4 Å². The van der Waals surface area contributed by atoms with Crippen LogP contribution in [0.25, 0.3) is 0 Å². The highest BCUT2D eigenvalue weighted by molar-refractivity contribution is 5.77. The number of anilines is 1. The maximum Gasteiger partial charge on any atom is 0.222 e. The van der Waals surface area contributed by atoms with Gasteiger partial charge in [-0.1, -0.05) is 6.07 Å². The van der Waals surface area contributed by atoms with Gasteiger partial charge in [0.05, 0.1) is 6.33 Å². The molecule has 7 nitrogen and oxygen atoms in total. The number of aromatic amines is 1. The van der Waals surface area contributed by atoms with Crippen molar-refractivity contribution in [1.29, 1.82) is 5.26 Å². The summed E-state index contributed by atoms with van der Waals surface area (Å²) in [5.74, 6) is 1.59. The van der Waals surface area contributed by atoms with Gasteiger partial charge in [-0.3, -0.25) is 4.79 Å². The number of rotatable bonds is 4. The van der Waals surface area contributed by atoms with E-state index in [4.69, 9.17) is 5.26 Å². The van der Waals surface area contributed by atoms with Gasteiger partial charge in [0.15, 0.2) is 0 Å². The topological polar surface area (TPSA) is 88.9 Å². The van der Waals surface area contributed by atoms with Crippen molar-refractivity contribution < 1.29 is 4.79 Å². The number of hydrogen-bond acceptors (Lipinski definition) is 5. The van der Waals surface area contributed by atoms with Crippen LogP contribution in [0.3, 0.4) is 0 Å². The molecule has 1 amide bonds. The molecule has 134 valence electrons. The number of nitriles is 1. The number of fused-ring (bicyclic) bond motifs is 1. The average molecular weight is 350 g/mol. The van der Waals surface area contributed by atoms with Gasteiger partial charge in [-0.25, -0.2) is 9.97 Å². The molecular formula is C19H22N6O. The Labute approximate surface area is 152 Å². The maximum atomic E-state index is 12.5. The van der Waals surface area contributed by atoms with Crippen molar-refractivity contribution in [1.82, 2.24) is 19.9 Å². The van der Waals surface area contributed by atoms with Crippen LogP contribution < -0.4 is 4.90 Å². The first-order valence-corrected chi connectivity index (χ1v) is 9.13. The first-order valence-electron chi connectivity index (χ1n) is 9.13. The highest BCUT2D eigenvalue weighted by Gasteiger charge is 2.39. The van der Waals surface area contributed by atoms with Crippen LogP contribution in [0.5, 0.6) is 0 Å². The molecule has 2 aromatic heterocycles. The molecule has 2 saturated heterocycles. The minimum Gasteiger partial charge on any atom is -0.356 e. The van der Waals surface area contributed by atoms with Gasteiger partial charge in [-0.05, 0) is 30.9 Å². The summed E-state index contributed by atoms with van der Waals surface area (Å²) < 4.78 is 0. The lowest BCUT2D eigenvalue weighted by atomic mass is 9.83. The number of carbonyl (C=O) groups excluding carboxylic acids is 1. The maximum absolute atomic E-state index is 12.5. The van der Waals surface area contributed by atoms with Crippen molar-refractivity contribution in [2.24, 2.45) is 5.92 Å². The van der Waals surface area contributed by atoms with Crippen molar-refractivity contribution in [2.75, 3.05) is 24.5 Å². The Morgan fingerprint density at radius 2 is 2.27 bits per heavy atom. The third kappa shape index (κ3) is 3.27. The summed E-state index contributed by atoms with van der Waals surface area (Å²) >= 11 is 0. The van der Waals surface area contributed by atoms with Crippen molar-refractivity contribution in [2.45, 2.75) is 31.7 Å². The molecule has 0 spiro atoms. The first kappa shape index (κ1) is 16.6. The molecule has 2 atom stereocenters. The van der Waals surface area contributed by atoms with Crippen molar-refractivity contribution in [3.8, 4) is 6.07 Å². The van der Waals surface area contributed by atoms with Crippen LogP contribution in [0, 0.1) is 17.2 Å². The molecule has 0 unspecified atom stereocenters. The largest absolute Gasteiger partial charge is 0.356 e. The zero-order valence-electron chi connectivity index (χ0n) is 14.6. The monoisotopic (exact) mass is 350 g/mol. The number of hydrogen-bond donors (Lipinski definition) is 1. The number of piperidine rings is 2. The van der Waals surface area contributed by atoms with E-state index in [1.807, 2.05) is 18.3 Å². The quantitative estimate of drug-likeness (QED) is 0.907. The van der Waals surface area contributed by atoms with Crippen LogP contribution in [0.15, 0.2) is 30.7 Å². The zero-order chi connectivity index (χ0) is 17.9. The SMILES string of the molecule is N#Cc1cccc(N2CC[C@@H]3[C@@H](CCC(=O)N3CCc3cnc[nH]3)C2)n1. The first-order chi connectivity index (χ1) is 12.7. The standard InChI is InChI=1S/C19H22N6O/c20-10-15-2-1-3-18(23-15)24-8-7-17-14(12-24)4-5-19(26)25(17)9-6-16-11-21-13-22-16/h1-3,11,13-14,17H,4-9,12H2,(H,21,22)/t14-,17+/m0/s1. The molecule has 2 aliphatic heterocycles. The molecule has 7 heteroatoms. The van der Waals surface area contributed by atoms with Gasteiger partial charge >= 0.3 is 0 Å². The molecule has 0 saturated carbocycles. The summed E-state index contributed by atoms with van der Waals surface area (Å²) in [6, 6.07) is 7.98. The average Bonchev–Trinajstić information content (AvgIpc) is 3.20. The second-order valence-electron chi connectivity index (χ2n) is 7.01. The summed E-state index contributed by atoms with van der Waals surface area (Å²) in [5, 5.41) is 9.07. The Kier molecular flexibility index (Phi) is 4.57. The Morgan fingerprint density at radius 1 is 1.35 bits per heavy atom. The van der Waals surface area contributed by atoms with E-state index in [0.717, 1.165) is 50.4 Å². The van der Waals surface area contributed by atoms with E-state index in [1.165, 1.54) is 0 Å². The molecule has 0 aromatic carbocycles. The van der Waals surface area contributed by atoms with Gasteiger partial charge in [-0.2, -0.15) is 5.26 Å². The molecular weight excluding hydrogens is 328 g/mol. The number of likely N-dealkylation sites (tertiary alicyclic amines) is 1. The predicted octanol–water partition coefficient (Wildman–Crippen LogP) is 1.74. The van der Waals surface area contributed by atoms with E-state index in [1.54, 1.807) is 12.4 Å². The van der Waals surface area contributed by atoms with Crippen molar-refractivity contribution >= 4 is 11.7 Å². The van der Waals surface area contributed by atoms with Crippen LogP contribution in [-0.2, 0) is 11.2 Å². The molecule has 1 N–H and O–H groups in total. The molecule has 2 aliphatic rings. The number of pyridine rings is 1. The zero-order valence-corrected chi connectivity index (χ0v) is 14.6. The Bertz CT molecular complexity index is 812. The predicted molar refractivity (Wildman–Crippen MR) is 96.3 cm³/mol. The van der Waals surface area contributed by atoms with Crippen LogP contribution in [0.4, 0.5) is 5.82 Å². The molecule has 4 rings (SSSR count). The van der Waals surface area contributed by atoms with Gasteiger partial charge in [0.1, 0.15) is 17.6 Å². The second-order valence-corrected chi connectivity index (χ2v) is 7.01. The smallest absolute Gasteiger partial charge is 0.222 e. The molecule has 2 aromatic rings. The van der Waals surface area contributed by atoms with Crippen LogP contribution in [0.1, 0.15) is 30.7 Å². The molecule has 4 heterocycles. The minimum atomic E-state index is 0.267. The fourth-order valence-corrected chi connectivity index (χ4v) is 4.17. The Morgan fingerprint density at radius 3 is 3.08 bits per heavy atom. The van der Waals surface area contributed by atoms with Gasteiger partial charge in [0.2, 0.25) is 5.91 Å². The highest BCUT2D eigenvalue weighted by Crippen LogP contribution is 2.33. The number of carbonyl (C=O) groups is 1. The molecule has 0 radical (unpaired) electrons. The Balaban J connectivity index is 1.44. The highest BCUT2D eigenvalue weighted by atomic mass is 16.2. The van der Waals surface area contributed by atoms with E-state index in [2.05, 4.69) is 30.8 Å². The summed E-state index contributed by atoms with van der Waals surface area (Å²) in [7, 11) is 0. The van der Waals surface area contributed by atoms with E-state index in [-0.39, 0.29) is 5.91 Å². The van der Waals surface area contributed by atoms with Gasteiger partial charge in [0.25, 0.3) is 0 Å². The lowest BCUT2D eigenvalue weighted by molar-refractivity contribution is -0.139. The molecule has 0 bridgehead atoms. The second kappa shape index (κ2) is 7.16. The minimum absolute atomic E-state index is 0.267. The fraction of sp³-hybridized carbons (Fsp3) is 0.474.